The number of amides is 1. The van der Waals surface area contributed by atoms with Gasteiger partial charge in [-0.1, -0.05) is 30.3 Å². The van der Waals surface area contributed by atoms with Gasteiger partial charge in [0.15, 0.2) is 11.5 Å². The summed E-state index contributed by atoms with van der Waals surface area (Å²) in [6.07, 6.45) is 1.76. The lowest BCUT2D eigenvalue weighted by molar-refractivity contribution is -0.114. The van der Waals surface area contributed by atoms with Gasteiger partial charge in [-0.25, -0.2) is 0 Å². The summed E-state index contributed by atoms with van der Waals surface area (Å²) < 4.78 is 13.5. The lowest BCUT2D eigenvalue weighted by Gasteiger charge is -2.16. The van der Waals surface area contributed by atoms with Crippen LogP contribution in [0, 0.1) is 0 Å². The molecule has 3 aromatic rings. The largest absolute Gasteiger partial charge is 0.490 e. The van der Waals surface area contributed by atoms with E-state index in [0.29, 0.717) is 24.7 Å². The van der Waals surface area contributed by atoms with Crippen molar-refractivity contribution in [2.45, 2.75) is 20.5 Å². The number of ether oxygens (including phenoxy) is 2. The molecule has 1 N–H and O–H groups in total. The van der Waals surface area contributed by atoms with Crippen LogP contribution in [-0.2, 0) is 11.4 Å². The highest BCUT2D eigenvalue weighted by atomic mass is 79.9. The lowest BCUT2D eigenvalue weighted by Crippen LogP contribution is -2.04. The quantitative estimate of drug-likeness (QED) is 0.313. The molecule has 0 heterocycles. The summed E-state index contributed by atoms with van der Waals surface area (Å²) in [5.41, 5.74) is 3.41. The monoisotopic (exact) mass is 544 g/mol. The minimum absolute atomic E-state index is 0.108. The fraction of sp³-hybridized carbons (Fsp3) is 0.167. The van der Waals surface area contributed by atoms with E-state index in [1.54, 1.807) is 6.21 Å². The van der Waals surface area contributed by atoms with Gasteiger partial charge in [-0.05, 0) is 74.7 Å². The summed E-state index contributed by atoms with van der Waals surface area (Å²) in [6, 6.07) is 19.2. The first-order valence-corrected chi connectivity index (χ1v) is 11.3. The maximum atomic E-state index is 11.1. The van der Waals surface area contributed by atoms with Gasteiger partial charge in [0, 0.05) is 28.9 Å². The third-order valence-electron chi connectivity index (χ3n) is 4.22. The Morgan fingerprint density at radius 1 is 1.03 bits per heavy atom. The normalized spacial score (nSPS) is 10.8. The van der Waals surface area contributed by atoms with Crippen LogP contribution in [0.1, 0.15) is 25.0 Å². The highest BCUT2D eigenvalue weighted by molar-refractivity contribution is 9.13. The second-order valence-electron chi connectivity index (χ2n) is 6.61. The van der Waals surface area contributed by atoms with E-state index in [0.717, 1.165) is 31.4 Å². The molecule has 31 heavy (non-hydrogen) atoms. The van der Waals surface area contributed by atoms with E-state index in [-0.39, 0.29) is 5.91 Å². The Hall–Kier alpha value is -2.64. The number of nitrogens with zero attached hydrogens (tertiary/aromatic N) is 1. The van der Waals surface area contributed by atoms with E-state index in [1.807, 2.05) is 67.6 Å². The first kappa shape index (κ1) is 23.0. The standard InChI is InChI=1S/C24H22Br2N2O3/c1-3-30-21-13-18(14-27-19-9-11-20(12-10-19)28-16(2)29)22(25)23(26)24(21)31-15-17-7-5-4-6-8-17/h4-14H,3,15H2,1-2H3,(H,28,29). The molecular weight excluding hydrogens is 524 g/mol. The Morgan fingerprint density at radius 2 is 1.74 bits per heavy atom. The summed E-state index contributed by atoms with van der Waals surface area (Å²) in [6.45, 7) is 4.35. The Kier molecular flexibility index (Phi) is 8.26. The van der Waals surface area contributed by atoms with Crippen molar-refractivity contribution in [2.24, 2.45) is 4.99 Å². The van der Waals surface area contributed by atoms with Crippen LogP contribution in [0.4, 0.5) is 11.4 Å². The number of hydrogen-bond donors (Lipinski definition) is 1. The van der Waals surface area contributed by atoms with Gasteiger partial charge < -0.3 is 14.8 Å². The van der Waals surface area contributed by atoms with Crippen LogP contribution < -0.4 is 14.8 Å². The molecule has 3 rings (SSSR count). The summed E-state index contributed by atoms with van der Waals surface area (Å²) in [7, 11) is 0. The van der Waals surface area contributed by atoms with Gasteiger partial charge in [0.2, 0.25) is 5.91 Å². The van der Waals surface area contributed by atoms with E-state index in [1.165, 1.54) is 6.92 Å². The molecule has 0 atom stereocenters. The van der Waals surface area contributed by atoms with Crippen LogP contribution in [0.5, 0.6) is 11.5 Å². The number of nitrogens with one attached hydrogen (secondary N) is 1. The molecule has 3 aromatic carbocycles. The Bertz CT molecular complexity index is 1070. The molecular formula is C24H22Br2N2O3. The zero-order valence-electron chi connectivity index (χ0n) is 17.2. The van der Waals surface area contributed by atoms with Gasteiger partial charge in [0.1, 0.15) is 6.61 Å². The van der Waals surface area contributed by atoms with Crippen LogP contribution in [0.3, 0.4) is 0 Å². The fourth-order valence-corrected chi connectivity index (χ4v) is 3.74. The highest BCUT2D eigenvalue weighted by Gasteiger charge is 2.17. The number of carbonyl (C=O) groups excluding carboxylic acids is 1. The van der Waals surface area contributed by atoms with Crippen molar-refractivity contribution in [1.82, 2.24) is 0 Å². The maximum Gasteiger partial charge on any atom is 0.221 e. The van der Waals surface area contributed by atoms with E-state index in [9.17, 15) is 4.79 Å². The number of hydrogen-bond acceptors (Lipinski definition) is 4. The van der Waals surface area contributed by atoms with E-state index >= 15 is 0 Å². The van der Waals surface area contributed by atoms with Gasteiger partial charge in [-0.3, -0.25) is 9.79 Å². The van der Waals surface area contributed by atoms with Crippen molar-refractivity contribution in [2.75, 3.05) is 11.9 Å². The summed E-state index contributed by atoms with van der Waals surface area (Å²) in [5, 5.41) is 2.74. The topological polar surface area (TPSA) is 59.9 Å². The molecule has 0 saturated carbocycles. The molecule has 0 saturated heterocycles. The third-order valence-corrected chi connectivity index (χ3v) is 6.37. The molecule has 0 spiro atoms. The zero-order chi connectivity index (χ0) is 22.2. The predicted octanol–water partition coefficient (Wildman–Crippen LogP) is 6.90. The van der Waals surface area contributed by atoms with Crippen LogP contribution in [0.15, 0.2) is 74.6 Å². The molecule has 0 aromatic heterocycles. The summed E-state index contributed by atoms with van der Waals surface area (Å²) in [5.74, 6) is 1.16. The number of halogens is 2. The highest BCUT2D eigenvalue weighted by Crippen LogP contribution is 2.43. The van der Waals surface area contributed by atoms with Crippen molar-refractivity contribution in [1.29, 1.82) is 0 Å². The SMILES string of the molecule is CCOc1cc(C=Nc2ccc(NC(C)=O)cc2)c(Br)c(Br)c1OCc1ccccc1. The van der Waals surface area contributed by atoms with Crippen molar-refractivity contribution < 1.29 is 14.3 Å². The van der Waals surface area contributed by atoms with Gasteiger partial charge in [0.25, 0.3) is 0 Å². The van der Waals surface area contributed by atoms with Crippen LogP contribution in [0.25, 0.3) is 0 Å². The number of carbonyl (C=O) groups is 1. The second kappa shape index (κ2) is 11.1. The van der Waals surface area contributed by atoms with Crippen LogP contribution in [-0.4, -0.2) is 18.7 Å². The first-order valence-electron chi connectivity index (χ1n) is 9.71. The average molecular weight is 546 g/mol. The van der Waals surface area contributed by atoms with Crippen molar-refractivity contribution in [3.8, 4) is 11.5 Å². The summed E-state index contributed by atoms with van der Waals surface area (Å²) >= 11 is 7.26. The number of benzene rings is 3. The number of rotatable bonds is 8. The molecule has 0 aliphatic carbocycles. The molecule has 1 amide bonds. The van der Waals surface area contributed by atoms with Crippen molar-refractivity contribution in [3.63, 3.8) is 0 Å². The molecule has 0 aliphatic heterocycles. The molecule has 160 valence electrons. The molecule has 0 radical (unpaired) electrons. The van der Waals surface area contributed by atoms with E-state index < -0.39 is 0 Å². The molecule has 7 heteroatoms. The molecule has 0 aliphatic rings. The van der Waals surface area contributed by atoms with Crippen molar-refractivity contribution in [3.05, 3.63) is 80.7 Å². The number of anilines is 1. The molecule has 5 nitrogen and oxygen atoms in total. The fourth-order valence-electron chi connectivity index (χ4n) is 2.80. The molecule has 0 unspecified atom stereocenters. The Balaban J connectivity index is 1.83. The van der Waals surface area contributed by atoms with E-state index in [2.05, 4.69) is 42.2 Å². The maximum absolute atomic E-state index is 11.1. The second-order valence-corrected chi connectivity index (χ2v) is 8.20. The molecule has 0 fully saturated rings. The smallest absolute Gasteiger partial charge is 0.221 e. The predicted molar refractivity (Wildman–Crippen MR) is 132 cm³/mol. The van der Waals surface area contributed by atoms with Gasteiger partial charge in [-0.2, -0.15) is 0 Å². The number of aliphatic imine (C=N–C) groups is 1. The average Bonchev–Trinajstić information content (AvgIpc) is 2.76. The van der Waals surface area contributed by atoms with Crippen LogP contribution in [0.2, 0.25) is 0 Å². The Morgan fingerprint density at radius 3 is 2.39 bits per heavy atom. The third kappa shape index (κ3) is 6.42. The van der Waals surface area contributed by atoms with Gasteiger partial charge >= 0.3 is 0 Å². The minimum atomic E-state index is -0.108. The summed E-state index contributed by atoms with van der Waals surface area (Å²) in [4.78, 5) is 15.7. The van der Waals surface area contributed by atoms with Gasteiger partial charge in [-0.15, -0.1) is 0 Å². The Labute approximate surface area is 198 Å². The zero-order valence-corrected chi connectivity index (χ0v) is 20.4. The lowest BCUT2D eigenvalue weighted by atomic mass is 10.2. The van der Waals surface area contributed by atoms with Gasteiger partial charge in [0.05, 0.1) is 16.8 Å². The molecule has 0 bridgehead atoms. The van der Waals surface area contributed by atoms with E-state index in [4.69, 9.17) is 9.47 Å². The van der Waals surface area contributed by atoms with Crippen LogP contribution >= 0.6 is 31.9 Å². The van der Waals surface area contributed by atoms with Crippen molar-refractivity contribution >= 4 is 55.4 Å². The first-order chi connectivity index (χ1) is 15.0. The minimum Gasteiger partial charge on any atom is -0.490 e.